The Hall–Kier alpha value is -3.12. The summed E-state index contributed by atoms with van der Waals surface area (Å²) < 4.78 is 5.78. The first kappa shape index (κ1) is 23.5. The van der Waals surface area contributed by atoms with Crippen molar-refractivity contribution in [3.8, 4) is 5.75 Å². The van der Waals surface area contributed by atoms with Gasteiger partial charge in [0.25, 0.3) is 11.7 Å². The van der Waals surface area contributed by atoms with E-state index in [1.165, 1.54) is 0 Å². The first-order valence-electron chi connectivity index (χ1n) is 11.1. The molecule has 0 bridgehead atoms. The molecule has 1 saturated heterocycles. The van der Waals surface area contributed by atoms with Crippen molar-refractivity contribution in [2.24, 2.45) is 0 Å². The van der Waals surface area contributed by atoms with E-state index in [2.05, 4.69) is 0 Å². The average Bonchev–Trinajstić information content (AvgIpc) is 3.02. The van der Waals surface area contributed by atoms with E-state index in [1.807, 2.05) is 69.2 Å². The second kappa shape index (κ2) is 10.5. The normalized spacial score (nSPS) is 17.9. The summed E-state index contributed by atoms with van der Waals surface area (Å²) in [6, 6.07) is 14.0. The van der Waals surface area contributed by atoms with Gasteiger partial charge in [0.2, 0.25) is 0 Å². The summed E-state index contributed by atoms with van der Waals surface area (Å²) in [7, 11) is 3.94. The van der Waals surface area contributed by atoms with Gasteiger partial charge in [-0.25, -0.2) is 0 Å². The fraction of sp³-hybridized carbons (Fsp3) is 0.385. The number of carbonyl (C=O) groups is 2. The Balaban J connectivity index is 2.07. The SMILES string of the molecule is CCCOc1cccc(C2/C(=C(/O)c3ccc(C)cc3)C(=O)C(=O)N2CCCN(C)C)c1. The lowest BCUT2D eigenvalue weighted by Crippen LogP contribution is -2.32. The zero-order valence-electron chi connectivity index (χ0n) is 19.3. The predicted octanol–water partition coefficient (Wildman–Crippen LogP) is 4.16. The summed E-state index contributed by atoms with van der Waals surface area (Å²) >= 11 is 0. The number of ether oxygens (including phenoxy) is 1. The maximum Gasteiger partial charge on any atom is 0.295 e. The van der Waals surface area contributed by atoms with Gasteiger partial charge >= 0.3 is 0 Å². The Bertz CT molecular complexity index is 995. The molecular weight excluding hydrogens is 404 g/mol. The third-order valence-electron chi connectivity index (χ3n) is 5.52. The zero-order valence-corrected chi connectivity index (χ0v) is 19.3. The van der Waals surface area contributed by atoms with Crippen LogP contribution in [0.25, 0.3) is 5.76 Å². The molecule has 0 spiro atoms. The number of Topliss-reactive ketones (excluding diaryl/α,β-unsaturated/α-hetero) is 1. The molecule has 2 aromatic carbocycles. The van der Waals surface area contributed by atoms with Crippen LogP contribution in [-0.2, 0) is 9.59 Å². The van der Waals surface area contributed by atoms with Gasteiger partial charge in [0.1, 0.15) is 11.5 Å². The van der Waals surface area contributed by atoms with Crippen LogP contribution in [0.1, 0.15) is 42.5 Å². The fourth-order valence-electron chi connectivity index (χ4n) is 3.88. The van der Waals surface area contributed by atoms with E-state index in [9.17, 15) is 14.7 Å². The minimum atomic E-state index is -0.663. The van der Waals surface area contributed by atoms with Gasteiger partial charge in [0.15, 0.2) is 0 Å². The Morgan fingerprint density at radius 3 is 2.50 bits per heavy atom. The van der Waals surface area contributed by atoms with Crippen LogP contribution in [0, 0.1) is 6.92 Å². The first-order chi connectivity index (χ1) is 15.3. The smallest absolute Gasteiger partial charge is 0.295 e. The molecule has 1 N–H and O–H groups in total. The van der Waals surface area contributed by atoms with Gasteiger partial charge in [0.05, 0.1) is 18.2 Å². The summed E-state index contributed by atoms with van der Waals surface area (Å²) in [4.78, 5) is 29.7. The Morgan fingerprint density at radius 2 is 1.84 bits per heavy atom. The molecule has 170 valence electrons. The first-order valence-corrected chi connectivity index (χ1v) is 11.1. The van der Waals surface area contributed by atoms with Gasteiger partial charge in [-0.05, 0) is 58.1 Å². The van der Waals surface area contributed by atoms with Crippen LogP contribution in [0.15, 0.2) is 54.1 Å². The molecule has 0 aliphatic carbocycles. The van der Waals surface area contributed by atoms with Crippen molar-refractivity contribution < 1.29 is 19.4 Å². The van der Waals surface area contributed by atoms with Crippen molar-refractivity contribution >= 4 is 17.4 Å². The lowest BCUT2D eigenvalue weighted by atomic mass is 9.95. The third-order valence-corrected chi connectivity index (χ3v) is 5.52. The summed E-state index contributed by atoms with van der Waals surface area (Å²) in [6.07, 6.45) is 1.59. The van der Waals surface area contributed by atoms with E-state index in [0.29, 0.717) is 30.9 Å². The van der Waals surface area contributed by atoms with Gasteiger partial charge < -0.3 is 19.6 Å². The van der Waals surface area contributed by atoms with Crippen molar-refractivity contribution in [2.45, 2.75) is 32.7 Å². The minimum Gasteiger partial charge on any atom is -0.507 e. The Labute approximate surface area is 190 Å². The van der Waals surface area contributed by atoms with Crippen molar-refractivity contribution in [1.82, 2.24) is 9.80 Å². The maximum absolute atomic E-state index is 13.1. The number of hydrogen-bond acceptors (Lipinski definition) is 5. The Kier molecular flexibility index (Phi) is 7.70. The molecule has 0 radical (unpaired) electrons. The number of aliphatic hydroxyl groups is 1. The van der Waals surface area contributed by atoms with Crippen molar-refractivity contribution in [2.75, 3.05) is 33.8 Å². The van der Waals surface area contributed by atoms with Crippen molar-refractivity contribution in [1.29, 1.82) is 0 Å². The summed E-state index contributed by atoms with van der Waals surface area (Å²) in [5.41, 5.74) is 2.43. The van der Waals surface area contributed by atoms with Crippen LogP contribution in [0.2, 0.25) is 0 Å². The second-order valence-corrected chi connectivity index (χ2v) is 8.44. The van der Waals surface area contributed by atoms with E-state index in [1.54, 1.807) is 17.0 Å². The topological polar surface area (TPSA) is 70.1 Å². The molecule has 2 aromatic rings. The number of amides is 1. The van der Waals surface area contributed by atoms with E-state index < -0.39 is 17.7 Å². The van der Waals surface area contributed by atoms with Gasteiger partial charge in [0, 0.05) is 12.1 Å². The van der Waals surface area contributed by atoms with Crippen LogP contribution in [0.4, 0.5) is 0 Å². The summed E-state index contributed by atoms with van der Waals surface area (Å²) in [5, 5.41) is 11.1. The highest BCUT2D eigenvalue weighted by Crippen LogP contribution is 2.40. The molecule has 0 aromatic heterocycles. The van der Waals surface area contributed by atoms with E-state index in [-0.39, 0.29) is 11.3 Å². The van der Waals surface area contributed by atoms with Gasteiger partial charge in [-0.15, -0.1) is 0 Å². The van der Waals surface area contributed by atoms with Gasteiger partial charge in [-0.3, -0.25) is 9.59 Å². The van der Waals surface area contributed by atoms with Crippen molar-refractivity contribution in [3.63, 3.8) is 0 Å². The zero-order chi connectivity index (χ0) is 23.3. The van der Waals surface area contributed by atoms with Gasteiger partial charge in [-0.2, -0.15) is 0 Å². The average molecular weight is 437 g/mol. The monoisotopic (exact) mass is 436 g/mol. The number of likely N-dealkylation sites (tertiary alicyclic amines) is 1. The number of aryl methyl sites for hydroxylation is 1. The number of benzene rings is 2. The molecule has 1 heterocycles. The van der Waals surface area contributed by atoms with Crippen LogP contribution >= 0.6 is 0 Å². The highest BCUT2D eigenvalue weighted by atomic mass is 16.5. The molecule has 1 unspecified atom stereocenters. The highest BCUT2D eigenvalue weighted by Gasteiger charge is 2.45. The molecule has 1 atom stereocenters. The molecule has 1 aliphatic heterocycles. The van der Waals surface area contributed by atoms with Crippen LogP contribution in [-0.4, -0.2) is 60.4 Å². The standard InChI is InChI=1S/C26H32N2O4/c1-5-16-32-21-9-6-8-20(17-21)23-22(24(29)19-12-10-18(2)11-13-19)25(30)26(31)28(23)15-7-14-27(3)4/h6,8-13,17,23,29H,5,7,14-16H2,1-4H3/b24-22-. The van der Waals surface area contributed by atoms with E-state index in [0.717, 1.165) is 24.1 Å². The number of nitrogens with zero attached hydrogens (tertiary/aromatic N) is 2. The van der Waals surface area contributed by atoms with E-state index in [4.69, 9.17) is 4.74 Å². The number of ketones is 1. The van der Waals surface area contributed by atoms with Crippen LogP contribution < -0.4 is 4.74 Å². The molecule has 1 amide bonds. The molecule has 1 aliphatic rings. The lowest BCUT2D eigenvalue weighted by molar-refractivity contribution is -0.139. The summed E-state index contributed by atoms with van der Waals surface area (Å²) in [5.74, 6) is -0.706. The number of aliphatic hydroxyl groups excluding tert-OH is 1. The second-order valence-electron chi connectivity index (χ2n) is 8.44. The maximum atomic E-state index is 13.1. The fourth-order valence-corrected chi connectivity index (χ4v) is 3.88. The lowest BCUT2D eigenvalue weighted by Gasteiger charge is -2.26. The van der Waals surface area contributed by atoms with Gasteiger partial charge in [-0.1, -0.05) is 48.9 Å². The molecular formula is C26H32N2O4. The Morgan fingerprint density at radius 1 is 1.12 bits per heavy atom. The summed E-state index contributed by atoms with van der Waals surface area (Å²) in [6.45, 7) is 5.77. The molecule has 1 fully saturated rings. The quantitative estimate of drug-likeness (QED) is 0.363. The number of rotatable bonds is 9. The highest BCUT2D eigenvalue weighted by molar-refractivity contribution is 6.46. The van der Waals surface area contributed by atoms with E-state index >= 15 is 0 Å². The van der Waals surface area contributed by atoms with Crippen LogP contribution in [0.3, 0.4) is 0 Å². The molecule has 3 rings (SSSR count). The molecule has 0 saturated carbocycles. The molecule has 32 heavy (non-hydrogen) atoms. The third kappa shape index (κ3) is 5.19. The molecule has 6 nitrogen and oxygen atoms in total. The number of hydrogen-bond donors (Lipinski definition) is 1. The minimum absolute atomic E-state index is 0.122. The molecule has 6 heteroatoms. The van der Waals surface area contributed by atoms with Crippen LogP contribution in [0.5, 0.6) is 5.75 Å². The largest absolute Gasteiger partial charge is 0.507 e. The predicted molar refractivity (Wildman–Crippen MR) is 126 cm³/mol. The van der Waals surface area contributed by atoms with Crippen molar-refractivity contribution in [3.05, 3.63) is 70.8 Å². The number of carbonyl (C=O) groups excluding carboxylic acids is 2.